The summed E-state index contributed by atoms with van der Waals surface area (Å²) in [7, 11) is 1.72. The summed E-state index contributed by atoms with van der Waals surface area (Å²) in [6.07, 6.45) is 2.66. The number of aromatic amines is 1. The van der Waals surface area contributed by atoms with Crippen LogP contribution in [-0.2, 0) is 11.2 Å². The van der Waals surface area contributed by atoms with Gasteiger partial charge in [0.2, 0.25) is 11.7 Å². The average Bonchev–Trinajstić information content (AvgIpc) is 3.23. The van der Waals surface area contributed by atoms with Gasteiger partial charge in [-0.05, 0) is 43.2 Å². The highest BCUT2D eigenvalue weighted by atomic mass is 35.5. The minimum atomic E-state index is -1.09. The van der Waals surface area contributed by atoms with E-state index < -0.39 is 11.5 Å². The summed E-state index contributed by atoms with van der Waals surface area (Å²) < 4.78 is 5.55. The fraction of sp³-hybridized carbons (Fsp3) is 0.280. The van der Waals surface area contributed by atoms with Crippen molar-refractivity contribution in [2.24, 2.45) is 5.73 Å². The molecular weight excluding hydrogens is 470 g/mol. The SMILES string of the molecule is CN1C(=O)CCOc2ccc(/C=C(\Cl)C(C)(C)O)cc21.NC(=O)c1n[nH]c(Cc2ccccc2)n1. The molecule has 9 nitrogen and oxygen atoms in total. The topological polar surface area (TPSA) is 134 Å². The van der Waals surface area contributed by atoms with Crippen molar-refractivity contribution in [1.29, 1.82) is 0 Å². The number of H-pyrrole nitrogens is 1. The zero-order valence-electron chi connectivity index (χ0n) is 19.8. The highest BCUT2D eigenvalue weighted by Crippen LogP contribution is 2.33. The summed E-state index contributed by atoms with van der Waals surface area (Å²) in [4.78, 5) is 28.1. The van der Waals surface area contributed by atoms with E-state index in [0.717, 1.165) is 11.1 Å². The molecule has 1 aromatic heterocycles. The van der Waals surface area contributed by atoms with Gasteiger partial charge in [0.1, 0.15) is 11.6 Å². The number of hydrogen-bond acceptors (Lipinski definition) is 6. The Bertz CT molecular complexity index is 1220. The quantitative estimate of drug-likeness (QED) is 0.495. The smallest absolute Gasteiger partial charge is 0.288 e. The summed E-state index contributed by atoms with van der Waals surface area (Å²) in [5, 5.41) is 16.5. The van der Waals surface area contributed by atoms with Gasteiger partial charge in [0, 0.05) is 18.5 Å². The number of primary amides is 1. The first-order valence-corrected chi connectivity index (χ1v) is 11.3. The second-order valence-electron chi connectivity index (χ2n) is 8.46. The predicted octanol–water partition coefficient (Wildman–Crippen LogP) is 3.28. The maximum absolute atomic E-state index is 11.8. The molecular formula is C25H28ClN5O4. The fourth-order valence-electron chi connectivity index (χ4n) is 3.16. The molecule has 0 fully saturated rings. The van der Waals surface area contributed by atoms with Crippen LogP contribution < -0.4 is 15.4 Å². The number of benzene rings is 2. The Morgan fingerprint density at radius 3 is 2.63 bits per heavy atom. The maximum Gasteiger partial charge on any atom is 0.288 e. The normalized spacial score (nSPS) is 13.8. The summed E-state index contributed by atoms with van der Waals surface area (Å²) >= 11 is 6.07. The molecule has 0 saturated carbocycles. The molecule has 35 heavy (non-hydrogen) atoms. The molecule has 10 heteroatoms. The van der Waals surface area contributed by atoms with E-state index in [0.29, 0.717) is 41.7 Å². The molecule has 4 N–H and O–H groups in total. The van der Waals surface area contributed by atoms with Crippen molar-refractivity contribution in [3.8, 4) is 5.75 Å². The van der Waals surface area contributed by atoms with Crippen LogP contribution in [0.2, 0.25) is 0 Å². The lowest BCUT2D eigenvalue weighted by molar-refractivity contribution is -0.118. The number of halogens is 1. The van der Waals surface area contributed by atoms with Crippen LogP contribution >= 0.6 is 11.6 Å². The first kappa shape index (κ1) is 25.9. The Hall–Kier alpha value is -3.69. The number of carbonyl (C=O) groups is 2. The Kier molecular flexibility index (Phi) is 8.26. The molecule has 0 saturated heterocycles. The number of nitrogens with one attached hydrogen (secondary N) is 1. The third-order valence-corrected chi connectivity index (χ3v) is 5.71. The minimum absolute atomic E-state index is 0.0125. The molecule has 3 aromatic rings. The van der Waals surface area contributed by atoms with Crippen LogP contribution in [0.15, 0.2) is 53.6 Å². The molecule has 0 unspecified atom stereocenters. The molecule has 2 heterocycles. The number of fused-ring (bicyclic) bond motifs is 1. The van der Waals surface area contributed by atoms with E-state index in [1.165, 1.54) is 0 Å². The molecule has 1 aliphatic rings. The van der Waals surface area contributed by atoms with Crippen molar-refractivity contribution in [3.63, 3.8) is 0 Å². The van der Waals surface area contributed by atoms with Crippen LogP contribution in [0.4, 0.5) is 5.69 Å². The Balaban J connectivity index is 0.000000203. The van der Waals surface area contributed by atoms with E-state index in [4.69, 9.17) is 22.1 Å². The van der Waals surface area contributed by atoms with Crippen molar-refractivity contribution in [1.82, 2.24) is 15.2 Å². The van der Waals surface area contributed by atoms with Crippen LogP contribution in [0.25, 0.3) is 6.08 Å². The number of nitrogens with zero attached hydrogens (tertiary/aromatic N) is 3. The highest BCUT2D eigenvalue weighted by Gasteiger charge is 2.21. The average molecular weight is 498 g/mol. The van der Waals surface area contributed by atoms with Crippen molar-refractivity contribution in [3.05, 3.63) is 76.3 Å². The van der Waals surface area contributed by atoms with Gasteiger partial charge < -0.3 is 20.5 Å². The van der Waals surface area contributed by atoms with Gasteiger partial charge in [0.25, 0.3) is 5.91 Å². The zero-order valence-corrected chi connectivity index (χ0v) is 20.5. The number of hydrogen-bond donors (Lipinski definition) is 3. The fourth-order valence-corrected chi connectivity index (χ4v) is 3.28. The second-order valence-corrected chi connectivity index (χ2v) is 8.87. The van der Waals surface area contributed by atoms with Crippen molar-refractivity contribution >= 4 is 35.2 Å². The number of aliphatic hydroxyl groups is 1. The summed E-state index contributed by atoms with van der Waals surface area (Å²) in [6.45, 7) is 3.62. The molecule has 2 amide bonds. The Morgan fingerprint density at radius 1 is 1.29 bits per heavy atom. The number of amides is 2. The molecule has 0 bridgehead atoms. The van der Waals surface area contributed by atoms with Crippen LogP contribution in [0.5, 0.6) is 5.75 Å². The zero-order chi connectivity index (χ0) is 25.6. The largest absolute Gasteiger partial charge is 0.491 e. The molecule has 0 radical (unpaired) electrons. The lowest BCUT2D eigenvalue weighted by atomic mass is 10.1. The first-order chi connectivity index (χ1) is 16.5. The monoisotopic (exact) mass is 497 g/mol. The van der Waals surface area contributed by atoms with Crippen LogP contribution in [0.3, 0.4) is 0 Å². The van der Waals surface area contributed by atoms with Gasteiger partial charge in [-0.2, -0.15) is 0 Å². The second kappa shape index (κ2) is 11.2. The van der Waals surface area contributed by atoms with Gasteiger partial charge in [-0.1, -0.05) is 48.0 Å². The summed E-state index contributed by atoms with van der Waals surface area (Å²) in [6, 6.07) is 15.3. The number of carbonyl (C=O) groups excluding carboxylic acids is 2. The molecule has 184 valence electrons. The Morgan fingerprint density at radius 2 is 2.00 bits per heavy atom. The van der Waals surface area contributed by atoms with Crippen molar-refractivity contribution in [2.45, 2.75) is 32.3 Å². The van der Waals surface area contributed by atoms with Crippen LogP contribution in [0, 0.1) is 0 Å². The number of ether oxygens (including phenoxy) is 1. The third kappa shape index (κ3) is 7.14. The number of aromatic nitrogens is 3. The van der Waals surface area contributed by atoms with Crippen LogP contribution in [-0.4, -0.2) is 51.4 Å². The lowest BCUT2D eigenvalue weighted by Gasteiger charge is -2.18. The molecule has 1 aliphatic heterocycles. The predicted molar refractivity (Wildman–Crippen MR) is 134 cm³/mol. The van der Waals surface area contributed by atoms with Crippen molar-refractivity contribution in [2.75, 3.05) is 18.6 Å². The third-order valence-electron chi connectivity index (χ3n) is 5.14. The minimum Gasteiger partial charge on any atom is -0.491 e. The lowest BCUT2D eigenvalue weighted by Crippen LogP contribution is -2.25. The van der Waals surface area contributed by atoms with E-state index in [2.05, 4.69) is 15.2 Å². The van der Waals surface area contributed by atoms with Crippen LogP contribution in [0.1, 0.15) is 47.8 Å². The summed E-state index contributed by atoms with van der Waals surface area (Å²) in [5.41, 5.74) is 6.56. The van der Waals surface area contributed by atoms with E-state index in [9.17, 15) is 14.7 Å². The van der Waals surface area contributed by atoms with E-state index in [-0.39, 0.29) is 11.7 Å². The van der Waals surface area contributed by atoms with Crippen molar-refractivity contribution < 1.29 is 19.4 Å². The van der Waals surface area contributed by atoms with Gasteiger partial charge in [0.15, 0.2) is 0 Å². The Labute approximate surface area is 208 Å². The molecule has 4 rings (SSSR count). The van der Waals surface area contributed by atoms with Gasteiger partial charge in [-0.25, -0.2) is 4.98 Å². The standard InChI is InChI=1S/C15H18ClNO3.C10H10N4O/c1-15(2,19)13(16)9-10-4-5-12-11(8-10)17(3)14(18)6-7-20-12;11-9(15)10-12-8(13-14-10)6-7-4-2-1-3-5-7/h4-5,8-9,19H,6-7H2,1-3H3;1-5H,6H2,(H2,11,15)(H,12,13,14)/b13-9-;. The molecule has 2 aromatic carbocycles. The summed E-state index contributed by atoms with van der Waals surface area (Å²) in [5.74, 6) is 0.731. The maximum atomic E-state index is 11.8. The molecule has 0 spiro atoms. The number of rotatable bonds is 5. The van der Waals surface area contributed by atoms with E-state index in [1.54, 1.807) is 31.9 Å². The molecule has 0 atom stereocenters. The van der Waals surface area contributed by atoms with Gasteiger partial charge >= 0.3 is 0 Å². The molecule has 0 aliphatic carbocycles. The number of nitrogens with two attached hydrogens (primary N) is 1. The van der Waals surface area contributed by atoms with Gasteiger partial charge in [-0.15, -0.1) is 5.10 Å². The highest BCUT2D eigenvalue weighted by molar-refractivity contribution is 6.32. The van der Waals surface area contributed by atoms with Gasteiger partial charge in [0.05, 0.1) is 24.3 Å². The van der Waals surface area contributed by atoms with E-state index in [1.807, 2.05) is 48.5 Å². The van der Waals surface area contributed by atoms with E-state index >= 15 is 0 Å². The number of anilines is 1. The van der Waals surface area contributed by atoms with Gasteiger partial charge in [-0.3, -0.25) is 14.7 Å². The first-order valence-electron chi connectivity index (χ1n) is 10.9.